The molecule has 4 saturated heterocycles. The van der Waals surface area contributed by atoms with E-state index in [-0.39, 0.29) is 38.5 Å². The summed E-state index contributed by atoms with van der Waals surface area (Å²) in [7, 11) is 7.36. The van der Waals surface area contributed by atoms with Gasteiger partial charge in [0.1, 0.15) is 50.6 Å². The molecule has 5 heterocycles. The number of hydrazine groups is 1. The molecule has 20 nitrogen and oxygen atoms in total. The van der Waals surface area contributed by atoms with E-state index in [9.17, 15) is 28.8 Å². The van der Waals surface area contributed by atoms with E-state index in [0.717, 1.165) is 47.9 Å². The minimum Gasteiger partial charge on any atom is -0.445 e. The van der Waals surface area contributed by atoms with Gasteiger partial charge in [0.2, 0.25) is 21.0 Å². The fourth-order valence-corrected chi connectivity index (χ4v) is 9.01. The van der Waals surface area contributed by atoms with Gasteiger partial charge >= 0.3 is 24.4 Å². The smallest absolute Gasteiger partial charge is 0.410 e. The maximum absolute atomic E-state index is 12.7. The van der Waals surface area contributed by atoms with Crippen LogP contribution in [-0.2, 0) is 64.2 Å². The van der Waals surface area contributed by atoms with Crippen molar-refractivity contribution in [3.63, 3.8) is 0 Å². The lowest BCUT2D eigenvalue weighted by Crippen LogP contribution is -2.55. The highest BCUT2D eigenvalue weighted by molar-refractivity contribution is 8.26. The molecular weight excluding hydrogens is 1030 g/mol. The highest BCUT2D eigenvalue weighted by Crippen LogP contribution is 2.36. The first kappa shape index (κ1) is 55.5. The van der Waals surface area contributed by atoms with Crippen molar-refractivity contribution < 1.29 is 56.3 Å². The van der Waals surface area contributed by atoms with Gasteiger partial charge in [0.15, 0.2) is 0 Å². The topological polar surface area (TPSA) is 232 Å². The van der Waals surface area contributed by atoms with Crippen LogP contribution in [0.3, 0.4) is 0 Å². The van der Waals surface area contributed by atoms with Crippen molar-refractivity contribution in [3.8, 4) is 0 Å². The Kier molecular flexibility index (Phi) is 21.1. The van der Waals surface area contributed by atoms with E-state index >= 15 is 0 Å². The normalized spacial score (nSPS) is 18.8. The van der Waals surface area contributed by atoms with E-state index in [1.165, 1.54) is 9.80 Å². The Bertz CT molecular complexity index is 2500. The summed E-state index contributed by atoms with van der Waals surface area (Å²) in [4.78, 5) is 82.1. The molecule has 0 radical (unpaired) electrons. The third-order valence-electron chi connectivity index (χ3n) is 12.7. The molecule has 0 unspecified atom stereocenters. The van der Waals surface area contributed by atoms with Crippen LogP contribution in [0.4, 0.5) is 19.2 Å². The number of aromatic nitrogens is 2. The van der Waals surface area contributed by atoms with Crippen molar-refractivity contribution in [1.82, 2.24) is 40.6 Å². The first-order valence-electron chi connectivity index (χ1n) is 24.5. The van der Waals surface area contributed by atoms with Crippen LogP contribution < -0.4 is 10.9 Å². The van der Waals surface area contributed by atoms with Gasteiger partial charge in [-0.3, -0.25) is 40.0 Å². The van der Waals surface area contributed by atoms with Gasteiger partial charge in [-0.2, -0.15) is 0 Å². The molecule has 2 N–H and O–H groups in total. The number of halogens is 2. The predicted octanol–water partition coefficient (Wildman–Crippen LogP) is 8.80. The van der Waals surface area contributed by atoms with E-state index in [1.54, 1.807) is 9.80 Å². The van der Waals surface area contributed by atoms with Crippen LogP contribution >= 0.6 is 21.4 Å². The highest BCUT2D eigenvalue weighted by atomic mass is 36.0. The Morgan fingerprint density at radius 3 is 1.04 bits per heavy atom. The molecule has 398 valence electrons. The summed E-state index contributed by atoms with van der Waals surface area (Å²) in [6, 6.07) is 35.5. The number of nitrogens with one attached hydrogen (secondary N) is 2. The first-order chi connectivity index (χ1) is 36.4. The fraction of sp³-hybridized carbons (Fsp3) is 0.385. The van der Waals surface area contributed by atoms with Crippen molar-refractivity contribution in [2.45, 2.75) is 102 Å². The van der Waals surface area contributed by atoms with Crippen LogP contribution in [0.1, 0.15) is 97.5 Å². The molecule has 4 atom stereocenters. The van der Waals surface area contributed by atoms with Crippen molar-refractivity contribution in [1.29, 1.82) is 0 Å². The molecular formula is C52H58Cl2N8O12S. The quantitative estimate of drug-likeness (QED) is 0.0676. The minimum absolute atomic E-state index is 0.110. The number of rotatable bonds is 12. The van der Waals surface area contributed by atoms with Crippen molar-refractivity contribution in [2.24, 2.45) is 0 Å². The number of benzene rings is 4. The Labute approximate surface area is 445 Å². The maximum atomic E-state index is 12.7. The first-order valence-corrected chi connectivity index (χ1v) is 27.3. The van der Waals surface area contributed by atoms with Gasteiger partial charge in [0, 0.05) is 47.5 Å². The van der Waals surface area contributed by atoms with Crippen LogP contribution in [-0.4, -0.2) is 108 Å². The second-order valence-electron chi connectivity index (χ2n) is 17.7. The lowest BCUT2D eigenvalue weighted by molar-refractivity contribution is -0.133. The molecule has 1 aromatic heterocycles. The molecule has 9 rings (SSSR count). The molecule has 0 bridgehead atoms. The van der Waals surface area contributed by atoms with Crippen molar-refractivity contribution in [2.75, 3.05) is 26.2 Å². The predicted molar refractivity (Wildman–Crippen MR) is 274 cm³/mol. The third-order valence-corrected chi connectivity index (χ3v) is 12.7. The molecule has 4 aliphatic rings. The Morgan fingerprint density at radius 1 is 0.467 bits per heavy atom. The zero-order valence-electron chi connectivity index (χ0n) is 40.9. The summed E-state index contributed by atoms with van der Waals surface area (Å²) in [6.45, 7) is 2.56. The van der Waals surface area contributed by atoms with E-state index in [2.05, 4.69) is 42.4 Å². The maximum Gasteiger partial charge on any atom is 0.410 e. The number of nitrogens with zero attached hydrogens (tertiary/aromatic N) is 6. The van der Waals surface area contributed by atoms with Gasteiger partial charge in [0.25, 0.3) is 11.8 Å². The lowest BCUT2D eigenvalue weighted by Gasteiger charge is -2.25. The lowest BCUT2D eigenvalue weighted by atomic mass is 10.2. The number of ether oxygens (including phenoxy) is 4. The second kappa shape index (κ2) is 28.4. The fourth-order valence-electron chi connectivity index (χ4n) is 9.01. The molecule has 0 saturated carbocycles. The molecule has 0 aliphatic carbocycles. The van der Waals surface area contributed by atoms with Crippen molar-refractivity contribution >= 4 is 66.8 Å². The molecule has 75 heavy (non-hydrogen) atoms. The third kappa shape index (κ3) is 16.4. The largest absolute Gasteiger partial charge is 0.445 e. The average molecular weight is 1090 g/mol. The molecule has 6 amide bonds. The molecule has 4 aliphatic heterocycles. The monoisotopic (exact) mass is 1090 g/mol. The Balaban J connectivity index is 0.000000204. The number of carbonyl (C=O) groups excluding carboxylic acids is 6. The van der Waals surface area contributed by atoms with Gasteiger partial charge in [-0.25, -0.2) is 23.4 Å². The van der Waals surface area contributed by atoms with Crippen LogP contribution in [0.5, 0.6) is 0 Å². The van der Waals surface area contributed by atoms with Gasteiger partial charge in [-0.05, 0) is 73.6 Å². The van der Waals surface area contributed by atoms with Gasteiger partial charge < -0.3 is 23.4 Å². The number of hydrogen-bond donors (Lipinski definition) is 2. The minimum atomic E-state index is -1.67. The van der Waals surface area contributed by atoms with Crippen LogP contribution in [0.2, 0.25) is 0 Å². The SMILES string of the molecule is O=C(NNC(=O)[C@@H]1CCCN1C(=O)OCc1ccccc1)[C@@H]1CCCN1C(=O)OCc1ccccc1.O=C(OCc1ccccc1)N1CCC[C@H]1c1nnc([C@@H]2CCCN2C(=O)OCc2ccccc2)o1.O=S(Cl)Cl. The van der Waals surface area contributed by atoms with Gasteiger partial charge in [-0.15, -0.1) is 10.2 Å². The van der Waals surface area contributed by atoms with E-state index < -0.39 is 57.5 Å². The standard InChI is InChI=1S/C26H30N4O6.C26H28N4O5.Cl2OS/c31-23(21-13-7-15-29(21)25(33)35-17-19-9-3-1-4-10-19)27-28-24(32)22-14-8-16-30(22)26(34)36-18-20-11-5-2-6-12-20;31-25(33-17-19-9-3-1-4-10-19)29-15-7-13-21(29)23-27-28-24(35-23)22-14-8-16-30(22)26(32)34-18-20-11-5-2-6-12-20;1-4(2)3/h1-6,9-12,21-22H,7-8,13-18H2,(H,27,31)(H,28,32);1-6,9-12,21-22H,7-8,13-18H2;/t2*21-,22-;/m00./s1. The Morgan fingerprint density at radius 2 is 0.733 bits per heavy atom. The number of hydrogen-bond acceptors (Lipinski definition) is 14. The number of carbonyl (C=O) groups is 6. The van der Waals surface area contributed by atoms with Crippen LogP contribution in [0, 0.1) is 0 Å². The molecule has 0 spiro atoms. The summed E-state index contributed by atoms with van der Waals surface area (Å²) in [5.74, 6) is -0.264. The summed E-state index contributed by atoms with van der Waals surface area (Å²) in [5, 5.41) is 8.47. The molecule has 23 heteroatoms. The van der Waals surface area contributed by atoms with Crippen LogP contribution in [0.25, 0.3) is 0 Å². The van der Waals surface area contributed by atoms with Gasteiger partial charge in [0.05, 0.1) is 0 Å². The zero-order valence-corrected chi connectivity index (χ0v) is 43.2. The summed E-state index contributed by atoms with van der Waals surface area (Å²) in [5.41, 5.74) is 8.37. The van der Waals surface area contributed by atoms with Crippen LogP contribution in [0.15, 0.2) is 126 Å². The molecule has 4 fully saturated rings. The van der Waals surface area contributed by atoms with Gasteiger partial charge in [-0.1, -0.05) is 121 Å². The zero-order chi connectivity index (χ0) is 52.9. The average Bonchev–Trinajstić information content (AvgIpc) is 4.31. The second-order valence-corrected chi connectivity index (χ2v) is 20.2. The van der Waals surface area contributed by atoms with Crippen molar-refractivity contribution in [3.05, 3.63) is 155 Å². The Hall–Kier alpha value is -7.23. The highest BCUT2D eigenvalue weighted by Gasteiger charge is 2.40. The van der Waals surface area contributed by atoms with E-state index in [4.69, 9.17) is 27.6 Å². The summed E-state index contributed by atoms with van der Waals surface area (Å²) >= 11 is 0. The number of amides is 6. The summed E-state index contributed by atoms with van der Waals surface area (Å²) < 4.78 is 36.8. The molecule has 5 aromatic rings. The molecule has 4 aromatic carbocycles. The van der Waals surface area contributed by atoms with E-state index in [1.807, 2.05) is 121 Å². The number of likely N-dealkylation sites (tertiary alicyclic amines) is 4. The van der Waals surface area contributed by atoms with E-state index in [0.29, 0.717) is 63.6 Å². The summed E-state index contributed by atoms with van der Waals surface area (Å²) in [6.07, 6.45) is 3.35.